The molecule has 0 radical (unpaired) electrons. The quantitative estimate of drug-likeness (QED) is 0.575. The molecule has 140 valence electrons. The maximum Gasteiger partial charge on any atom is 0.340 e. The highest BCUT2D eigenvalue weighted by Crippen LogP contribution is 2.26. The number of anilines is 1. The molecule has 1 aromatic heterocycles. The van der Waals surface area contributed by atoms with Crippen LogP contribution >= 0.6 is 11.8 Å². The summed E-state index contributed by atoms with van der Waals surface area (Å²) in [7, 11) is 0. The van der Waals surface area contributed by atoms with Crippen molar-refractivity contribution in [2.45, 2.75) is 38.0 Å². The minimum Gasteiger partial charge on any atom is -0.452 e. The van der Waals surface area contributed by atoms with Crippen molar-refractivity contribution in [2.75, 3.05) is 11.9 Å². The molecule has 0 bridgehead atoms. The van der Waals surface area contributed by atoms with E-state index in [0.717, 1.165) is 17.9 Å². The third kappa shape index (κ3) is 5.08. The Balaban J connectivity index is 1.89. The number of carbonyl (C=O) groups is 2. The zero-order chi connectivity index (χ0) is 19.3. The summed E-state index contributed by atoms with van der Waals surface area (Å²) in [6.07, 6.45) is 0. The molecule has 0 aliphatic heterocycles. The van der Waals surface area contributed by atoms with E-state index in [2.05, 4.69) is 5.32 Å². The maximum absolute atomic E-state index is 12.3. The molecular weight excluding hydrogens is 362 g/mol. The third-order valence-electron chi connectivity index (χ3n) is 3.81. The Labute approximate surface area is 154 Å². The number of aromatic nitrogens is 1. The van der Waals surface area contributed by atoms with Crippen LogP contribution < -0.4 is 5.32 Å². The van der Waals surface area contributed by atoms with E-state index in [4.69, 9.17) is 4.74 Å². The molecule has 0 saturated carbocycles. The highest BCUT2D eigenvalue weighted by Gasteiger charge is 2.17. The molecule has 0 saturated heterocycles. The van der Waals surface area contributed by atoms with Crippen molar-refractivity contribution in [1.29, 1.82) is 0 Å². The van der Waals surface area contributed by atoms with E-state index < -0.39 is 24.2 Å². The predicted octanol–water partition coefficient (Wildman–Crippen LogP) is 4.24. The van der Waals surface area contributed by atoms with Crippen LogP contribution in [0.25, 0.3) is 0 Å². The van der Waals surface area contributed by atoms with E-state index >= 15 is 0 Å². The van der Waals surface area contributed by atoms with Crippen LogP contribution in [0.2, 0.25) is 0 Å². The van der Waals surface area contributed by atoms with Gasteiger partial charge in [0.15, 0.2) is 6.61 Å². The Morgan fingerprint density at radius 1 is 1.23 bits per heavy atom. The summed E-state index contributed by atoms with van der Waals surface area (Å²) >= 11 is 0.427. The van der Waals surface area contributed by atoms with E-state index in [1.807, 2.05) is 25.3 Å². The lowest BCUT2D eigenvalue weighted by atomic mass is 10.2. The molecule has 2 rings (SSSR count). The second-order valence-corrected chi connectivity index (χ2v) is 6.62. The van der Waals surface area contributed by atoms with Crippen molar-refractivity contribution in [1.82, 2.24) is 4.57 Å². The highest BCUT2D eigenvalue weighted by atomic mass is 32.2. The van der Waals surface area contributed by atoms with Gasteiger partial charge in [0, 0.05) is 28.5 Å². The number of hydrogen-bond acceptors (Lipinski definition) is 4. The number of ether oxygens (including phenoxy) is 1. The summed E-state index contributed by atoms with van der Waals surface area (Å²) < 4.78 is 31.6. The predicted molar refractivity (Wildman–Crippen MR) is 96.8 cm³/mol. The van der Waals surface area contributed by atoms with Crippen molar-refractivity contribution in [3.63, 3.8) is 0 Å². The molecule has 0 aliphatic rings. The topological polar surface area (TPSA) is 60.3 Å². The normalized spacial score (nSPS) is 10.8. The number of carbonyl (C=O) groups excluding carboxylic acids is 2. The second kappa shape index (κ2) is 8.84. The summed E-state index contributed by atoms with van der Waals surface area (Å²) in [4.78, 5) is 24.5. The molecule has 0 aliphatic carbocycles. The van der Waals surface area contributed by atoms with Crippen molar-refractivity contribution in [3.05, 3.63) is 47.3 Å². The van der Waals surface area contributed by atoms with Crippen molar-refractivity contribution in [3.8, 4) is 0 Å². The van der Waals surface area contributed by atoms with E-state index in [1.165, 1.54) is 24.3 Å². The first-order chi connectivity index (χ1) is 12.3. The fourth-order valence-corrected chi connectivity index (χ4v) is 3.12. The SMILES string of the molecule is CCn1c(C)cc(C(=O)OCC(=O)Nc2ccc(SC(F)F)cc2)c1C. The van der Waals surface area contributed by atoms with Crippen LogP contribution in [0.5, 0.6) is 0 Å². The average molecular weight is 382 g/mol. The lowest BCUT2D eigenvalue weighted by Crippen LogP contribution is -2.21. The van der Waals surface area contributed by atoms with Crippen LogP contribution in [0, 0.1) is 13.8 Å². The van der Waals surface area contributed by atoms with Gasteiger partial charge in [-0.2, -0.15) is 8.78 Å². The van der Waals surface area contributed by atoms with Gasteiger partial charge < -0.3 is 14.6 Å². The number of rotatable bonds is 7. The number of hydrogen-bond donors (Lipinski definition) is 1. The van der Waals surface area contributed by atoms with Crippen molar-refractivity contribution < 1.29 is 23.1 Å². The molecule has 26 heavy (non-hydrogen) atoms. The van der Waals surface area contributed by atoms with Gasteiger partial charge in [-0.25, -0.2) is 4.79 Å². The number of aryl methyl sites for hydroxylation is 1. The summed E-state index contributed by atoms with van der Waals surface area (Å²) in [5.41, 5.74) is 2.62. The van der Waals surface area contributed by atoms with Gasteiger partial charge in [0.2, 0.25) is 0 Å². The smallest absolute Gasteiger partial charge is 0.340 e. The van der Waals surface area contributed by atoms with Gasteiger partial charge >= 0.3 is 5.97 Å². The number of esters is 1. The monoisotopic (exact) mass is 382 g/mol. The molecule has 8 heteroatoms. The number of nitrogens with zero attached hydrogens (tertiary/aromatic N) is 1. The van der Waals surface area contributed by atoms with Gasteiger partial charge in [-0.3, -0.25) is 4.79 Å². The Morgan fingerprint density at radius 2 is 1.88 bits per heavy atom. The van der Waals surface area contributed by atoms with Crippen LogP contribution in [0.15, 0.2) is 35.2 Å². The number of amides is 1. The third-order valence-corrected chi connectivity index (χ3v) is 4.53. The van der Waals surface area contributed by atoms with E-state index in [0.29, 0.717) is 27.9 Å². The Morgan fingerprint density at radius 3 is 2.42 bits per heavy atom. The van der Waals surface area contributed by atoms with Crippen LogP contribution in [-0.4, -0.2) is 28.8 Å². The van der Waals surface area contributed by atoms with Gasteiger partial charge in [0.05, 0.1) is 5.56 Å². The molecule has 0 unspecified atom stereocenters. The van der Waals surface area contributed by atoms with Gasteiger partial charge in [0.25, 0.3) is 11.7 Å². The summed E-state index contributed by atoms with van der Waals surface area (Å²) in [5.74, 6) is -3.56. The summed E-state index contributed by atoms with van der Waals surface area (Å²) in [6, 6.07) is 7.73. The Kier molecular flexibility index (Phi) is 6.79. The summed E-state index contributed by atoms with van der Waals surface area (Å²) in [6.45, 7) is 6.02. The lowest BCUT2D eigenvalue weighted by Gasteiger charge is -2.08. The van der Waals surface area contributed by atoms with Gasteiger partial charge in [-0.05, 0) is 51.1 Å². The molecule has 5 nitrogen and oxygen atoms in total. The maximum atomic E-state index is 12.3. The van der Waals surface area contributed by atoms with E-state index in [1.54, 1.807) is 6.07 Å². The van der Waals surface area contributed by atoms with E-state index in [-0.39, 0.29) is 0 Å². The minimum atomic E-state index is -2.50. The molecule has 1 amide bonds. The molecule has 1 N–H and O–H groups in total. The first-order valence-corrected chi connectivity index (χ1v) is 8.88. The van der Waals surface area contributed by atoms with Crippen LogP contribution in [0.3, 0.4) is 0 Å². The molecule has 0 atom stereocenters. The second-order valence-electron chi connectivity index (χ2n) is 5.56. The minimum absolute atomic E-state index is 0.399. The van der Waals surface area contributed by atoms with Gasteiger partial charge in [-0.15, -0.1) is 0 Å². The van der Waals surface area contributed by atoms with Crippen LogP contribution in [-0.2, 0) is 16.1 Å². The standard InChI is InChI=1S/C18H20F2N2O3S/c1-4-22-11(2)9-15(12(22)3)17(24)25-10-16(23)21-13-5-7-14(8-6-13)26-18(19)20/h5-9,18H,4,10H2,1-3H3,(H,21,23). The lowest BCUT2D eigenvalue weighted by molar-refractivity contribution is -0.119. The molecule has 0 fully saturated rings. The number of halogens is 2. The van der Waals surface area contributed by atoms with Gasteiger partial charge in [-0.1, -0.05) is 11.8 Å². The molecule has 1 aromatic carbocycles. The molecule has 2 aromatic rings. The Bertz CT molecular complexity index is 788. The van der Waals surface area contributed by atoms with Crippen LogP contribution in [0.1, 0.15) is 28.7 Å². The zero-order valence-corrected chi connectivity index (χ0v) is 15.5. The van der Waals surface area contributed by atoms with Crippen molar-refractivity contribution in [2.24, 2.45) is 0 Å². The molecule has 1 heterocycles. The number of alkyl halides is 2. The van der Waals surface area contributed by atoms with Gasteiger partial charge in [0.1, 0.15) is 0 Å². The number of thioether (sulfide) groups is 1. The van der Waals surface area contributed by atoms with Crippen molar-refractivity contribution >= 4 is 29.3 Å². The number of nitrogens with one attached hydrogen (secondary N) is 1. The average Bonchev–Trinajstić information content (AvgIpc) is 2.88. The summed E-state index contributed by atoms with van der Waals surface area (Å²) in [5, 5.41) is 2.55. The zero-order valence-electron chi connectivity index (χ0n) is 14.7. The molecule has 0 spiro atoms. The number of benzene rings is 1. The first-order valence-electron chi connectivity index (χ1n) is 8.00. The van der Waals surface area contributed by atoms with Crippen LogP contribution in [0.4, 0.5) is 14.5 Å². The van der Waals surface area contributed by atoms with E-state index in [9.17, 15) is 18.4 Å². The first kappa shape index (κ1) is 20.0. The molecular formula is C18H20F2N2O3S. The Hall–Kier alpha value is -2.35. The fourth-order valence-electron chi connectivity index (χ4n) is 2.62. The fraction of sp³-hybridized carbons (Fsp3) is 0.333. The highest BCUT2D eigenvalue weighted by molar-refractivity contribution is 7.99. The largest absolute Gasteiger partial charge is 0.452 e.